The van der Waals surface area contributed by atoms with Crippen molar-refractivity contribution in [2.75, 3.05) is 13.2 Å². The molecule has 0 aliphatic carbocycles. The molecular weight excluding hydrogens is 209 g/mol. The fraction of sp³-hybridized carbons (Fsp3) is 0.417. The van der Waals surface area contributed by atoms with Crippen molar-refractivity contribution in [3.05, 3.63) is 29.6 Å². The Morgan fingerprint density at radius 1 is 1.50 bits per heavy atom. The van der Waals surface area contributed by atoms with Crippen molar-refractivity contribution < 1.29 is 13.9 Å². The molecule has 4 heteroatoms. The van der Waals surface area contributed by atoms with Gasteiger partial charge in [-0.2, -0.15) is 5.26 Å². The largest absolute Gasteiger partial charge is 0.487 e. The molecule has 16 heavy (non-hydrogen) atoms. The molecule has 1 aromatic rings. The van der Waals surface area contributed by atoms with Gasteiger partial charge in [0.2, 0.25) is 0 Å². The molecule has 3 nitrogen and oxygen atoms in total. The minimum atomic E-state index is -0.545. The molecule has 0 amide bonds. The Balaban J connectivity index is 2.14. The molecule has 0 bridgehead atoms. The standard InChI is InChI=1S/C12H12FNO2/c13-11-4-1-5-12(10(11)7-14)16-9-3-2-6-15-8-9/h1,4-5,9H,2-3,6,8H2. The highest BCUT2D eigenvalue weighted by Gasteiger charge is 2.18. The third-order valence-corrected chi connectivity index (χ3v) is 2.50. The Hall–Kier alpha value is -1.60. The van der Waals surface area contributed by atoms with Crippen molar-refractivity contribution in [1.29, 1.82) is 5.26 Å². The molecule has 1 fully saturated rings. The first-order valence-corrected chi connectivity index (χ1v) is 5.24. The van der Waals surface area contributed by atoms with Gasteiger partial charge >= 0.3 is 0 Å². The summed E-state index contributed by atoms with van der Waals surface area (Å²) in [5.41, 5.74) is -0.0342. The average Bonchev–Trinajstić information content (AvgIpc) is 2.31. The second-order valence-electron chi connectivity index (χ2n) is 3.68. The molecule has 1 atom stereocenters. The molecule has 1 aliphatic rings. The maximum absolute atomic E-state index is 13.3. The number of halogens is 1. The zero-order valence-corrected chi connectivity index (χ0v) is 8.78. The van der Waals surface area contributed by atoms with Crippen LogP contribution in [-0.2, 0) is 4.74 Å². The van der Waals surface area contributed by atoms with Gasteiger partial charge in [0.05, 0.1) is 6.61 Å². The number of nitriles is 1. The SMILES string of the molecule is N#Cc1c(F)cccc1OC1CCCOC1. The summed E-state index contributed by atoms with van der Waals surface area (Å²) in [5, 5.41) is 8.83. The molecule has 1 saturated heterocycles. The first-order chi connectivity index (χ1) is 7.81. The van der Waals surface area contributed by atoms with E-state index in [0.717, 1.165) is 19.4 Å². The maximum Gasteiger partial charge on any atom is 0.144 e. The Bertz CT molecular complexity index is 408. The quantitative estimate of drug-likeness (QED) is 0.769. The van der Waals surface area contributed by atoms with Crippen molar-refractivity contribution in [2.24, 2.45) is 0 Å². The van der Waals surface area contributed by atoms with Crippen LogP contribution >= 0.6 is 0 Å². The van der Waals surface area contributed by atoms with Crippen LogP contribution in [0.4, 0.5) is 4.39 Å². The van der Waals surface area contributed by atoms with Crippen molar-refractivity contribution >= 4 is 0 Å². The highest BCUT2D eigenvalue weighted by Crippen LogP contribution is 2.23. The third-order valence-electron chi connectivity index (χ3n) is 2.50. The molecule has 1 aliphatic heterocycles. The minimum absolute atomic E-state index is 0.0342. The van der Waals surface area contributed by atoms with E-state index >= 15 is 0 Å². The molecule has 1 aromatic carbocycles. The fourth-order valence-corrected chi connectivity index (χ4v) is 1.69. The molecule has 2 rings (SSSR count). The third kappa shape index (κ3) is 2.31. The van der Waals surface area contributed by atoms with Gasteiger partial charge in [0.15, 0.2) is 0 Å². The van der Waals surface area contributed by atoms with Crippen LogP contribution in [-0.4, -0.2) is 19.3 Å². The lowest BCUT2D eigenvalue weighted by Gasteiger charge is -2.23. The number of hydrogen-bond acceptors (Lipinski definition) is 3. The van der Waals surface area contributed by atoms with Crippen LogP contribution in [0.15, 0.2) is 18.2 Å². The maximum atomic E-state index is 13.3. The molecule has 1 unspecified atom stereocenters. The molecule has 0 saturated carbocycles. The van der Waals surface area contributed by atoms with Gasteiger partial charge in [-0.15, -0.1) is 0 Å². The van der Waals surface area contributed by atoms with Crippen LogP contribution in [0, 0.1) is 17.1 Å². The number of benzene rings is 1. The van der Waals surface area contributed by atoms with Crippen LogP contribution in [0.5, 0.6) is 5.75 Å². The predicted molar refractivity (Wildman–Crippen MR) is 55.6 cm³/mol. The van der Waals surface area contributed by atoms with E-state index < -0.39 is 5.82 Å². The average molecular weight is 221 g/mol. The summed E-state index contributed by atoms with van der Waals surface area (Å²) in [5.74, 6) is -0.241. The highest BCUT2D eigenvalue weighted by molar-refractivity contribution is 5.43. The van der Waals surface area contributed by atoms with Gasteiger partial charge in [0, 0.05) is 6.61 Å². The number of hydrogen-bond donors (Lipinski definition) is 0. The molecule has 1 heterocycles. The van der Waals surface area contributed by atoms with Crippen LogP contribution < -0.4 is 4.74 Å². The van der Waals surface area contributed by atoms with Crippen molar-refractivity contribution in [1.82, 2.24) is 0 Å². The van der Waals surface area contributed by atoms with E-state index in [1.165, 1.54) is 12.1 Å². The van der Waals surface area contributed by atoms with Gasteiger partial charge in [-0.25, -0.2) is 4.39 Å². The van der Waals surface area contributed by atoms with Gasteiger partial charge in [0.1, 0.15) is 29.3 Å². The summed E-state index contributed by atoms with van der Waals surface area (Å²) in [6.07, 6.45) is 1.73. The summed E-state index contributed by atoms with van der Waals surface area (Å²) in [7, 11) is 0. The predicted octanol–water partition coefficient (Wildman–Crippen LogP) is 2.26. The van der Waals surface area contributed by atoms with Gasteiger partial charge < -0.3 is 9.47 Å². The summed E-state index contributed by atoms with van der Waals surface area (Å²) in [6.45, 7) is 1.25. The van der Waals surface area contributed by atoms with Crippen molar-refractivity contribution in [2.45, 2.75) is 18.9 Å². The Morgan fingerprint density at radius 3 is 3.06 bits per heavy atom. The highest BCUT2D eigenvalue weighted by atomic mass is 19.1. The lowest BCUT2D eigenvalue weighted by atomic mass is 10.1. The number of rotatable bonds is 2. The minimum Gasteiger partial charge on any atom is -0.487 e. The van der Waals surface area contributed by atoms with E-state index in [1.54, 1.807) is 6.07 Å². The first-order valence-electron chi connectivity index (χ1n) is 5.24. The summed E-state index contributed by atoms with van der Waals surface area (Å²) in [6, 6.07) is 6.21. The molecule has 0 N–H and O–H groups in total. The van der Waals surface area contributed by atoms with Crippen LogP contribution in [0.2, 0.25) is 0 Å². The van der Waals surface area contributed by atoms with Gasteiger partial charge in [-0.3, -0.25) is 0 Å². The van der Waals surface area contributed by atoms with E-state index in [-0.39, 0.29) is 11.7 Å². The van der Waals surface area contributed by atoms with Gasteiger partial charge in [0.25, 0.3) is 0 Å². The molecule has 0 spiro atoms. The first kappa shape index (κ1) is 10.9. The van der Waals surface area contributed by atoms with E-state index in [0.29, 0.717) is 12.4 Å². The zero-order valence-electron chi connectivity index (χ0n) is 8.78. The Morgan fingerprint density at radius 2 is 2.38 bits per heavy atom. The Labute approximate surface area is 93.4 Å². The van der Waals surface area contributed by atoms with Crippen LogP contribution in [0.25, 0.3) is 0 Å². The smallest absolute Gasteiger partial charge is 0.144 e. The summed E-state index contributed by atoms with van der Waals surface area (Å²) >= 11 is 0. The van der Waals surface area contributed by atoms with Crippen molar-refractivity contribution in [3.63, 3.8) is 0 Å². The monoisotopic (exact) mass is 221 g/mol. The second-order valence-corrected chi connectivity index (χ2v) is 3.68. The van der Waals surface area contributed by atoms with Gasteiger partial charge in [-0.05, 0) is 25.0 Å². The lowest BCUT2D eigenvalue weighted by Crippen LogP contribution is -2.28. The van der Waals surface area contributed by atoms with E-state index in [4.69, 9.17) is 14.7 Å². The van der Waals surface area contributed by atoms with Crippen molar-refractivity contribution in [3.8, 4) is 11.8 Å². The zero-order chi connectivity index (χ0) is 11.4. The molecule has 0 radical (unpaired) electrons. The second kappa shape index (κ2) is 4.95. The number of nitrogens with zero attached hydrogens (tertiary/aromatic N) is 1. The summed E-state index contributed by atoms with van der Waals surface area (Å²) in [4.78, 5) is 0. The van der Waals surface area contributed by atoms with E-state index in [2.05, 4.69) is 0 Å². The molecule has 84 valence electrons. The van der Waals surface area contributed by atoms with E-state index in [1.807, 2.05) is 6.07 Å². The van der Waals surface area contributed by atoms with Crippen LogP contribution in [0.1, 0.15) is 18.4 Å². The topological polar surface area (TPSA) is 42.2 Å². The number of ether oxygens (including phenoxy) is 2. The Kier molecular flexibility index (Phi) is 3.37. The van der Waals surface area contributed by atoms with E-state index in [9.17, 15) is 4.39 Å². The summed E-state index contributed by atoms with van der Waals surface area (Å²) < 4.78 is 24.1. The molecule has 0 aromatic heterocycles. The van der Waals surface area contributed by atoms with Crippen LogP contribution in [0.3, 0.4) is 0 Å². The normalized spacial score (nSPS) is 20.1. The lowest BCUT2D eigenvalue weighted by molar-refractivity contribution is 0.00719. The van der Waals surface area contributed by atoms with Gasteiger partial charge in [-0.1, -0.05) is 6.07 Å². The fourth-order valence-electron chi connectivity index (χ4n) is 1.69. The molecular formula is C12H12FNO2.